The Morgan fingerprint density at radius 3 is 2.27 bits per heavy atom. The van der Waals surface area contributed by atoms with Gasteiger partial charge in [-0.15, -0.1) is 0 Å². The molecule has 90 valence electrons. The van der Waals surface area contributed by atoms with Gasteiger partial charge in [0.1, 0.15) is 0 Å². The number of hydrogen-bond donors (Lipinski definition) is 2. The van der Waals surface area contributed by atoms with Crippen molar-refractivity contribution < 1.29 is 5.11 Å². The lowest BCUT2D eigenvalue weighted by molar-refractivity contribution is -0.0000410. The molecule has 0 radical (unpaired) electrons. The van der Waals surface area contributed by atoms with Crippen LogP contribution in [0.1, 0.15) is 59.3 Å². The second-order valence-corrected chi connectivity index (χ2v) is 5.23. The van der Waals surface area contributed by atoms with E-state index in [2.05, 4.69) is 19.2 Å². The lowest BCUT2D eigenvalue weighted by Gasteiger charge is -2.32. The van der Waals surface area contributed by atoms with Crippen LogP contribution in [0.2, 0.25) is 0 Å². The van der Waals surface area contributed by atoms with E-state index in [0.29, 0.717) is 12.0 Å². The van der Waals surface area contributed by atoms with Gasteiger partial charge in [-0.3, -0.25) is 0 Å². The monoisotopic (exact) mass is 213 g/mol. The Morgan fingerprint density at radius 2 is 1.80 bits per heavy atom. The Kier molecular flexibility index (Phi) is 5.07. The van der Waals surface area contributed by atoms with Crippen LogP contribution in [-0.2, 0) is 0 Å². The molecule has 1 rings (SSSR count). The minimum Gasteiger partial charge on any atom is -0.389 e. The van der Waals surface area contributed by atoms with E-state index in [1.807, 2.05) is 6.92 Å². The van der Waals surface area contributed by atoms with Gasteiger partial charge in [0.2, 0.25) is 0 Å². The first kappa shape index (κ1) is 13.0. The maximum absolute atomic E-state index is 10.4. The predicted molar refractivity (Wildman–Crippen MR) is 65.0 cm³/mol. The SMILES string of the molecule is CCC(CC)NCC(C)(O)C1CCCC1. The number of nitrogens with one attached hydrogen (secondary N) is 1. The molecule has 1 saturated carbocycles. The highest BCUT2D eigenvalue weighted by Gasteiger charge is 2.33. The summed E-state index contributed by atoms with van der Waals surface area (Å²) < 4.78 is 0. The molecule has 0 amide bonds. The smallest absolute Gasteiger partial charge is 0.0771 e. The van der Waals surface area contributed by atoms with E-state index >= 15 is 0 Å². The van der Waals surface area contributed by atoms with Gasteiger partial charge in [0, 0.05) is 12.6 Å². The predicted octanol–water partition coefficient (Wildman–Crippen LogP) is 2.71. The Labute approximate surface area is 94.5 Å². The lowest BCUT2D eigenvalue weighted by Crippen LogP contribution is -2.46. The van der Waals surface area contributed by atoms with Gasteiger partial charge in [-0.2, -0.15) is 0 Å². The van der Waals surface area contributed by atoms with Gasteiger partial charge in [-0.1, -0.05) is 26.7 Å². The summed E-state index contributed by atoms with van der Waals surface area (Å²) in [6.07, 6.45) is 7.31. The van der Waals surface area contributed by atoms with Gasteiger partial charge >= 0.3 is 0 Å². The lowest BCUT2D eigenvalue weighted by atomic mass is 9.87. The van der Waals surface area contributed by atoms with Crippen molar-refractivity contribution in [1.29, 1.82) is 0 Å². The van der Waals surface area contributed by atoms with Gasteiger partial charge in [-0.05, 0) is 38.5 Å². The molecule has 2 N–H and O–H groups in total. The molecule has 1 atom stereocenters. The van der Waals surface area contributed by atoms with Gasteiger partial charge in [0.25, 0.3) is 0 Å². The van der Waals surface area contributed by atoms with E-state index in [4.69, 9.17) is 0 Å². The number of hydrogen-bond acceptors (Lipinski definition) is 2. The van der Waals surface area contributed by atoms with Crippen molar-refractivity contribution in [3.63, 3.8) is 0 Å². The van der Waals surface area contributed by atoms with Crippen LogP contribution in [0.3, 0.4) is 0 Å². The van der Waals surface area contributed by atoms with Crippen molar-refractivity contribution in [2.24, 2.45) is 5.92 Å². The fourth-order valence-corrected chi connectivity index (χ4v) is 2.62. The van der Waals surface area contributed by atoms with Crippen molar-refractivity contribution in [1.82, 2.24) is 5.32 Å². The summed E-state index contributed by atoms with van der Waals surface area (Å²) >= 11 is 0. The first-order chi connectivity index (χ1) is 7.10. The summed E-state index contributed by atoms with van der Waals surface area (Å²) in [5, 5.41) is 13.9. The molecule has 2 heteroatoms. The number of rotatable bonds is 6. The highest BCUT2D eigenvalue weighted by molar-refractivity contribution is 4.88. The van der Waals surface area contributed by atoms with Crippen LogP contribution >= 0.6 is 0 Å². The molecule has 0 spiro atoms. The van der Waals surface area contributed by atoms with Crippen LogP contribution in [0.4, 0.5) is 0 Å². The average molecular weight is 213 g/mol. The van der Waals surface area contributed by atoms with Gasteiger partial charge in [-0.25, -0.2) is 0 Å². The Morgan fingerprint density at radius 1 is 1.27 bits per heavy atom. The summed E-state index contributed by atoms with van der Waals surface area (Å²) in [6, 6.07) is 0.567. The normalized spacial score (nSPS) is 22.2. The molecule has 1 aliphatic rings. The van der Waals surface area contributed by atoms with E-state index in [9.17, 15) is 5.11 Å². The Balaban J connectivity index is 2.34. The fourth-order valence-electron chi connectivity index (χ4n) is 2.62. The van der Waals surface area contributed by atoms with Crippen molar-refractivity contribution in [2.75, 3.05) is 6.54 Å². The third-order valence-electron chi connectivity index (χ3n) is 3.97. The minimum absolute atomic E-state index is 0.501. The van der Waals surface area contributed by atoms with E-state index < -0.39 is 5.60 Å². The fraction of sp³-hybridized carbons (Fsp3) is 1.00. The third kappa shape index (κ3) is 3.76. The molecule has 2 nitrogen and oxygen atoms in total. The molecule has 0 saturated heterocycles. The summed E-state index contributed by atoms with van der Waals surface area (Å²) in [4.78, 5) is 0. The van der Waals surface area contributed by atoms with Crippen LogP contribution in [0, 0.1) is 5.92 Å². The zero-order chi connectivity index (χ0) is 11.3. The molecule has 1 fully saturated rings. The maximum atomic E-state index is 10.4. The molecule has 0 aromatic carbocycles. The molecule has 0 aromatic rings. The Bertz CT molecular complexity index is 169. The van der Waals surface area contributed by atoms with Gasteiger partial charge < -0.3 is 10.4 Å². The molecule has 0 aromatic heterocycles. The van der Waals surface area contributed by atoms with Crippen LogP contribution in [0.15, 0.2) is 0 Å². The average Bonchev–Trinajstić information content (AvgIpc) is 2.72. The largest absolute Gasteiger partial charge is 0.389 e. The van der Waals surface area contributed by atoms with Crippen molar-refractivity contribution in [3.05, 3.63) is 0 Å². The van der Waals surface area contributed by atoms with Gasteiger partial charge in [0.05, 0.1) is 5.60 Å². The molecule has 15 heavy (non-hydrogen) atoms. The molecule has 0 heterocycles. The molecular weight excluding hydrogens is 186 g/mol. The number of aliphatic hydroxyl groups is 1. The summed E-state index contributed by atoms with van der Waals surface area (Å²) in [5.41, 5.74) is -0.501. The summed E-state index contributed by atoms with van der Waals surface area (Å²) in [5.74, 6) is 0.513. The first-order valence-corrected chi connectivity index (χ1v) is 6.56. The van der Waals surface area contributed by atoms with Crippen molar-refractivity contribution in [3.8, 4) is 0 Å². The van der Waals surface area contributed by atoms with E-state index in [-0.39, 0.29) is 0 Å². The zero-order valence-electron chi connectivity index (χ0n) is 10.6. The molecule has 0 aliphatic heterocycles. The second-order valence-electron chi connectivity index (χ2n) is 5.23. The van der Waals surface area contributed by atoms with Crippen LogP contribution < -0.4 is 5.32 Å². The topological polar surface area (TPSA) is 32.3 Å². The molecule has 1 aliphatic carbocycles. The van der Waals surface area contributed by atoms with Crippen LogP contribution in [0.25, 0.3) is 0 Å². The van der Waals surface area contributed by atoms with Crippen molar-refractivity contribution in [2.45, 2.75) is 70.9 Å². The molecule has 1 unspecified atom stereocenters. The third-order valence-corrected chi connectivity index (χ3v) is 3.97. The highest BCUT2D eigenvalue weighted by atomic mass is 16.3. The van der Waals surface area contributed by atoms with Crippen LogP contribution in [-0.4, -0.2) is 23.3 Å². The molecular formula is C13H27NO. The van der Waals surface area contributed by atoms with E-state index in [0.717, 1.165) is 19.4 Å². The zero-order valence-corrected chi connectivity index (χ0v) is 10.6. The summed E-state index contributed by atoms with van der Waals surface area (Å²) in [6.45, 7) is 7.15. The molecule has 0 bridgehead atoms. The van der Waals surface area contributed by atoms with Crippen molar-refractivity contribution >= 4 is 0 Å². The summed E-state index contributed by atoms with van der Waals surface area (Å²) in [7, 11) is 0. The highest BCUT2D eigenvalue weighted by Crippen LogP contribution is 2.33. The standard InChI is InChI=1S/C13H27NO/c1-4-12(5-2)14-10-13(3,15)11-8-6-7-9-11/h11-12,14-15H,4-10H2,1-3H3. The quantitative estimate of drug-likeness (QED) is 0.711. The minimum atomic E-state index is -0.501. The van der Waals surface area contributed by atoms with E-state index in [1.54, 1.807) is 0 Å². The maximum Gasteiger partial charge on any atom is 0.0771 e. The second kappa shape index (κ2) is 5.86. The van der Waals surface area contributed by atoms with Gasteiger partial charge in [0.15, 0.2) is 0 Å². The van der Waals surface area contributed by atoms with E-state index in [1.165, 1.54) is 25.7 Å². The first-order valence-electron chi connectivity index (χ1n) is 6.56. The van der Waals surface area contributed by atoms with Crippen LogP contribution in [0.5, 0.6) is 0 Å². The Hall–Kier alpha value is -0.0800.